The average molecular weight is 671 g/mol. The number of Topliss-reactive ketones (excluding diaryl/α,β-unsaturated/α-hetero) is 1. The summed E-state index contributed by atoms with van der Waals surface area (Å²) in [4.78, 5) is 57.6. The first-order valence-corrected chi connectivity index (χ1v) is 14.0. The van der Waals surface area contributed by atoms with Crippen molar-refractivity contribution in [2.24, 2.45) is 0 Å². The molecule has 1 fully saturated rings. The van der Waals surface area contributed by atoms with Crippen molar-refractivity contribution in [1.29, 1.82) is 0 Å². The molecule has 0 radical (unpaired) electrons. The maximum atomic E-state index is 14.1. The van der Waals surface area contributed by atoms with E-state index in [1.54, 1.807) is 0 Å². The van der Waals surface area contributed by atoms with Gasteiger partial charge in [-0.15, -0.1) is 0 Å². The van der Waals surface area contributed by atoms with Crippen LogP contribution in [0, 0.1) is 5.82 Å². The summed E-state index contributed by atoms with van der Waals surface area (Å²) in [5.41, 5.74) is -5.62. The van der Waals surface area contributed by atoms with Gasteiger partial charge in [0.25, 0.3) is 0 Å². The first kappa shape index (κ1) is 32.9. The number of halogens is 8. The monoisotopic (exact) mass is 670 g/mol. The van der Waals surface area contributed by atoms with E-state index in [1.165, 1.54) is 30.3 Å². The van der Waals surface area contributed by atoms with E-state index in [-0.39, 0.29) is 41.0 Å². The van der Waals surface area contributed by atoms with Gasteiger partial charge in [-0.05, 0) is 60.9 Å². The lowest BCUT2D eigenvalue weighted by atomic mass is 10.0. The van der Waals surface area contributed by atoms with Gasteiger partial charge >= 0.3 is 12.4 Å². The quantitative estimate of drug-likeness (QED) is 0.258. The molecular formula is C30H22ClF7N4O4. The Hall–Kier alpha value is -4.53. The van der Waals surface area contributed by atoms with Crippen LogP contribution in [0.25, 0.3) is 0 Å². The Morgan fingerprint density at radius 2 is 1.59 bits per heavy atom. The van der Waals surface area contributed by atoms with Gasteiger partial charge in [0.2, 0.25) is 17.7 Å². The van der Waals surface area contributed by atoms with Crippen molar-refractivity contribution in [2.45, 2.75) is 56.2 Å². The number of anilines is 1. The van der Waals surface area contributed by atoms with Gasteiger partial charge in [0.15, 0.2) is 5.78 Å². The summed E-state index contributed by atoms with van der Waals surface area (Å²) in [6.45, 7) is -0.803. The molecule has 0 bridgehead atoms. The molecule has 46 heavy (non-hydrogen) atoms. The van der Waals surface area contributed by atoms with Gasteiger partial charge in [-0.1, -0.05) is 23.7 Å². The van der Waals surface area contributed by atoms with Crippen molar-refractivity contribution >= 4 is 40.8 Å². The van der Waals surface area contributed by atoms with Gasteiger partial charge in [-0.3, -0.25) is 19.2 Å². The highest BCUT2D eigenvalue weighted by molar-refractivity contribution is 6.29. The number of nitrogens with zero attached hydrogens (tertiary/aromatic N) is 2. The minimum Gasteiger partial charge on any atom is -0.342 e. The number of para-hydroxylation sites is 1. The summed E-state index contributed by atoms with van der Waals surface area (Å²) in [6, 6.07) is 7.01. The highest BCUT2D eigenvalue weighted by Gasteiger charge is 2.52. The lowest BCUT2D eigenvalue weighted by molar-refractivity contribution is -0.143. The summed E-state index contributed by atoms with van der Waals surface area (Å²) < 4.78 is 95.2. The number of nitrogens with one attached hydrogen (secondary N) is 2. The van der Waals surface area contributed by atoms with Gasteiger partial charge in [0.1, 0.15) is 22.6 Å². The second-order valence-electron chi connectivity index (χ2n) is 10.9. The zero-order chi connectivity index (χ0) is 33.6. The fraction of sp³-hybridized carbons (Fsp3) is 0.300. The summed E-state index contributed by atoms with van der Waals surface area (Å²) in [7, 11) is 0. The zero-order valence-corrected chi connectivity index (χ0v) is 24.1. The number of hydrogen-bond donors (Lipinski definition) is 2. The SMILES string of the molecule is O=C(Cc1nc(Cl)ccc1F)NC1(C(=O)N[C@@H]2CC(=O)c3ccccc3N(Cc3cc(C(F)(F)F)cc(C(F)(F)F)c3)C2=O)CC1. The van der Waals surface area contributed by atoms with Crippen molar-refractivity contribution in [3.63, 3.8) is 0 Å². The molecule has 2 heterocycles. The standard InChI is InChI=1S/C30H22ClF7N4O4/c31-24-6-5-19(32)20(39-24)13-25(44)41-28(7-8-28)27(46)40-21-12-23(43)18-3-1-2-4-22(18)42(26(21)45)14-15-9-16(29(33,34)35)11-17(10-15)30(36,37)38/h1-6,9-11,21H,7-8,12-14H2,(H,40,46)(H,41,44)/t21-/m1/s1. The van der Waals surface area contributed by atoms with Crippen LogP contribution in [-0.4, -0.2) is 40.1 Å². The van der Waals surface area contributed by atoms with Crippen LogP contribution in [-0.2, 0) is 39.7 Å². The van der Waals surface area contributed by atoms with E-state index in [0.717, 1.165) is 11.0 Å². The Bertz CT molecular complexity index is 1710. The Balaban J connectivity index is 1.41. The first-order valence-electron chi connectivity index (χ1n) is 13.6. The van der Waals surface area contributed by atoms with E-state index >= 15 is 0 Å². The number of benzene rings is 2. The third-order valence-corrected chi connectivity index (χ3v) is 7.73. The fourth-order valence-corrected chi connectivity index (χ4v) is 5.24. The van der Waals surface area contributed by atoms with Crippen LogP contribution < -0.4 is 15.5 Å². The van der Waals surface area contributed by atoms with Crippen LogP contribution >= 0.6 is 11.6 Å². The fourth-order valence-electron chi connectivity index (χ4n) is 5.08. The molecule has 5 rings (SSSR count). The van der Waals surface area contributed by atoms with Gasteiger partial charge in [0, 0.05) is 12.0 Å². The van der Waals surface area contributed by atoms with Crippen LogP contribution in [0.4, 0.5) is 36.4 Å². The van der Waals surface area contributed by atoms with Crippen LogP contribution in [0.5, 0.6) is 0 Å². The molecule has 16 heteroatoms. The molecule has 3 aromatic rings. The molecule has 0 saturated heterocycles. The number of ketones is 1. The zero-order valence-electron chi connectivity index (χ0n) is 23.4. The number of aromatic nitrogens is 1. The predicted octanol–water partition coefficient (Wildman–Crippen LogP) is 5.41. The molecule has 1 aliphatic heterocycles. The number of pyridine rings is 1. The molecule has 2 N–H and O–H groups in total. The summed E-state index contributed by atoms with van der Waals surface area (Å²) >= 11 is 5.76. The molecule has 1 atom stereocenters. The number of carbonyl (C=O) groups excluding carboxylic acids is 4. The number of hydrogen-bond acceptors (Lipinski definition) is 5. The molecule has 2 aliphatic rings. The van der Waals surface area contributed by atoms with Crippen molar-refractivity contribution in [3.05, 3.63) is 93.5 Å². The molecule has 0 spiro atoms. The van der Waals surface area contributed by atoms with E-state index in [0.29, 0.717) is 12.1 Å². The third-order valence-electron chi connectivity index (χ3n) is 7.52. The maximum Gasteiger partial charge on any atom is 0.416 e. The molecule has 3 amide bonds. The van der Waals surface area contributed by atoms with E-state index in [9.17, 15) is 49.9 Å². The largest absolute Gasteiger partial charge is 0.416 e. The average Bonchev–Trinajstić information content (AvgIpc) is 3.77. The number of alkyl halides is 6. The van der Waals surface area contributed by atoms with E-state index in [2.05, 4.69) is 15.6 Å². The number of rotatable bonds is 7. The Morgan fingerprint density at radius 3 is 2.20 bits per heavy atom. The normalized spacial score (nSPS) is 17.7. The third kappa shape index (κ3) is 6.98. The van der Waals surface area contributed by atoms with Crippen LogP contribution in [0.15, 0.2) is 54.6 Å². The Kier molecular flexibility index (Phi) is 8.57. The van der Waals surface area contributed by atoms with Gasteiger partial charge in [0.05, 0.1) is 35.5 Å². The maximum absolute atomic E-state index is 14.1. The molecule has 1 saturated carbocycles. The van der Waals surface area contributed by atoms with Crippen LogP contribution in [0.1, 0.15) is 52.0 Å². The van der Waals surface area contributed by atoms with Crippen molar-refractivity contribution in [2.75, 3.05) is 4.90 Å². The number of fused-ring (bicyclic) bond motifs is 1. The second-order valence-corrected chi connectivity index (χ2v) is 11.3. The lowest BCUT2D eigenvalue weighted by Crippen LogP contribution is -2.55. The molecule has 0 unspecified atom stereocenters. The number of carbonyl (C=O) groups is 4. The molecular weight excluding hydrogens is 649 g/mol. The minimum atomic E-state index is -5.14. The van der Waals surface area contributed by atoms with Gasteiger partial charge in [-0.25, -0.2) is 9.37 Å². The predicted molar refractivity (Wildman–Crippen MR) is 148 cm³/mol. The molecule has 1 aliphatic carbocycles. The summed E-state index contributed by atoms with van der Waals surface area (Å²) in [6.07, 6.45) is -11.2. The molecule has 8 nitrogen and oxygen atoms in total. The molecule has 242 valence electrons. The Morgan fingerprint density at radius 1 is 0.957 bits per heavy atom. The highest BCUT2D eigenvalue weighted by atomic mass is 35.5. The summed E-state index contributed by atoms with van der Waals surface area (Å²) in [5.74, 6) is -4.07. The van der Waals surface area contributed by atoms with Gasteiger partial charge < -0.3 is 15.5 Å². The van der Waals surface area contributed by atoms with Crippen molar-refractivity contribution in [3.8, 4) is 0 Å². The molecule has 1 aromatic heterocycles. The first-order chi connectivity index (χ1) is 21.5. The minimum absolute atomic E-state index is 0.0406. The second kappa shape index (κ2) is 12.0. The van der Waals surface area contributed by atoms with Crippen molar-refractivity contribution in [1.82, 2.24) is 15.6 Å². The van der Waals surface area contributed by atoms with E-state index < -0.39 is 89.3 Å². The topological polar surface area (TPSA) is 108 Å². The summed E-state index contributed by atoms with van der Waals surface area (Å²) in [5, 5.41) is 4.83. The Labute approximate surface area is 260 Å². The lowest BCUT2D eigenvalue weighted by Gasteiger charge is -2.28. The highest BCUT2D eigenvalue weighted by Crippen LogP contribution is 2.39. The molecule has 2 aromatic carbocycles. The van der Waals surface area contributed by atoms with E-state index in [1.807, 2.05) is 0 Å². The van der Waals surface area contributed by atoms with Gasteiger partial charge in [-0.2, -0.15) is 26.3 Å². The van der Waals surface area contributed by atoms with Crippen molar-refractivity contribution < 1.29 is 49.9 Å². The smallest absolute Gasteiger partial charge is 0.342 e. The van der Waals surface area contributed by atoms with Crippen LogP contribution in [0.2, 0.25) is 5.15 Å². The number of amides is 3. The van der Waals surface area contributed by atoms with E-state index in [4.69, 9.17) is 11.6 Å². The van der Waals surface area contributed by atoms with Crippen LogP contribution in [0.3, 0.4) is 0 Å².